The van der Waals surface area contributed by atoms with Crippen molar-refractivity contribution in [3.8, 4) is 0 Å². The Balaban J connectivity index is 0. The molecule has 0 aliphatic heterocycles. The molecule has 19 heavy (non-hydrogen) atoms. The van der Waals surface area contributed by atoms with E-state index in [4.69, 9.17) is 14.6 Å². The summed E-state index contributed by atoms with van der Waals surface area (Å²) in [6.07, 6.45) is 1.44. The van der Waals surface area contributed by atoms with Gasteiger partial charge >= 0.3 is 12.1 Å². The summed E-state index contributed by atoms with van der Waals surface area (Å²) >= 11 is 1.45. The Kier molecular flexibility index (Phi) is 12.4. The van der Waals surface area contributed by atoms with E-state index in [2.05, 4.69) is 14.6 Å². The summed E-state index contributed by atoms with van der Waals surface area (Å²) in [5.41, 5.74) is -0.585. The van der Waals surface area contributed by atoms with Crippen molar-refractivity contribution in [3.63, 3.8) is 0 Å². The molecular weight excluding hydrogens is 289 g/mol. The topological polar surface area (TPSA) is 84.9 Å². The zero-order valence-electron chi connectivity index (χ0n) is 12.1. The molecule has 114 valence electrons. The second-order valence-corrected chi connectivity index (χ2v) is 5.53. The average Bonchev–Trinajstić information content (AvgIpc) is 2.29. The van der Waals surface area contributed by atoms with Gasteiger partial charge in [0.15, 0.2) is 0 Å². The van der Waals surface area contributed by atoms with Gasteiger partial charge in [0.1, 0.15) is 18.0 Å². The number of thioether (sulfide) groups is 1. The first kappa shape index (κ1) is 20.8. The Morgan fingerprint density at radius 3 is 2.26 bits per heavy atom. The van der Waals surface area contributed by atoms with E-state index >= 15 is 0 Å². The van der Waals surface area contributed by atoms with Crippen molar-refractivity contribution in [2.45, 2.75) is 32.4 Å². The molecule has 0 aromatic heterocycles. The van der Waals surface area contributed by atoms with Crippen molar-refractivity contribution in [3.05, 3.63) is 0 Å². The molecule has 0 aliphatic rings. The van der Waals surface area contributed by atoms with Gasteiger partial charge in [-0.2, -0.15) is 11.8 Å². The summed E-state index contributed by atoms with van der Waals surface area (Å²) < 4.78 is 9.90. The lowest BCUT2D eigenvalue weighted by molar-refractivity contribution is -0.143. The van der Waals surface area contributed by atoms with Crippen molar-refractivity contribution in [2.24, 2.45) is 0 Å². The summed E-state index contributed by atoms with van der Waals surface area (Å²) in [6, 6.07) is -0.680. The maximum atomic E-state index is 11.5. The molecule has 0 aromatic carbocycles. The highest BCUT2D eigenvalue weighted by Gasteiger charge is 2.24. The summed E-state index contributed by atoms with van der Waals surface area (Å²) in [5.74, 6) is -0.0110. The van der Waals surface area contributed by atoms with Gasteiger partial charge in [-0.05, 0) is 27.0 Å². The highest BCUT2D eigenvalue weighted by molar-refractivity contribution is 7.98. The lowest BCUT2D eigenvalue weighted by atomic mass is 10.2. The van der Waals surface area contributed by atoms with Crippen LogP contribution in [-0.4, -0.2) is 54.3 Å². The summed E-state index contributed by atoms with van der Waals surface area (Å²) in [6.45, 7) is 5.28. The van der Waals surface area contributed by atoms with Gasteiger partial charge in [-0.15, -0.1) is 0 Å². The van der Waals surface area contributed by atoms with Gasteiger partial charge < -0.3 is 19.9 Å². The van der Waals surface area contributed by atoms with Crippen molar-refractivity contribution >= 4 is 33.1 Å². The number of hydrogen-bond donors (Lipinski definition) is 2. The number of ether oxygens (including phenoxy) is 2. The third-order valence-corrected chi connectivity index (χ3v) is 2.37. The summed E-state index contributed by atoms with van der Waals surface area (Å²) in [4.78, 5) is 23.0. The molecule has 0 saturated carbocycles. The molecule has 6 nitrogen and oxygen atoms in total. The number of aliphatic hydroxyl groups excluding tert-OH is 1. The molecule has 8 heteroatoms. The van der Waals surface area contributed by atoms with Gasteiger partial charge in [-0.3, -0.25) is 0 Å². The number of alkyl carbamates (subject to hydrolysis) is 1. The molecule has 1 unspecified atom stereocenters. The fourth-order valence-corrected chi connectivity index (χ4v) is 1.68. The molecule has 0 saturated heterocycles. The molecule has 2 N–H and O–H groups in total. The smallest absolute Gasteiger partial charge is 0.408 e. The summed E-state index contributed by atoms with van der Waals surface area (Å²) in [7, 11) is 3.29. The zero-order chi connectivity index (χ0) is 15.5. The van der Waals surface area contributed by atoms with Crippen LogP contribution in [0, 0.1) is 0 Å². The van der Waals surface area contributed by atoms with Crippen LogP contribution in [0.15, 0.2) is 0 Å². The Morgan fingerprint density at radius 1 is 1.37 bits per heavy atom. The van der Waals surface area contributed by atoms with Gasteiger partial charge in [0.05, 0.1) is 0 Å². The lowest BCUT2D eigenvalue weighted by Crippen LogP contribution is -2.45. The number of amides is 1. The van der Waals surface area contributed by atoms with Gasteiger partial charge in [0, 0.05) is 12.9 Å². The predicted molar refractivity (Wildman–Crippen MR) is 80.4 cm³/mol. The molecule has 0 aromatic rings. The highest BCUT2D eigenvalue weighted by atomic mass is 32.2. The molecular formula is C11H24NO5PS. The quantitative estimate of drug-likeness (QED) is 0.586. The largest absolute Gasteiger partial charge is 0.460 e. The zero-order valence-corrected chi connectivity index (χ0v) is 14.0. The normalized spacial score (nSPS) is 11.7. The standard InChI is InChI=1S/C10H20NO4PS.CH4O/c1-10(2,3)15-9(13)11-7(5-17-4)8(12)14-6-16;1-2/h7H,5-6,16H2,1-4H3,(H,11,13);2H,1H3/t7-;/m0./s1. The first-order chi connectivity index (χ1) is 8.80. The van der Waals surface area contributed by atoms with Crippen LogP contribution in [-0.2, 0) is 14.3 Å². The van der Waals surface area contributed by atoms with Crippen LogP contribution >= 0.6 is 21.0 Å². The number of nitrogens with one attached hydrogen (secondary N) is 1. The molecule has 0 radical (unpaired) electrons. The summed E-state index contributed by atoms with van der Waals surface area (Å²) in [5, 5.41) is 9.49. The maximum absolute atomic E-state index is 11.5. The fraction of sp³-hybridized carbons (Fsp3) is 0.818. The van der Waals surface area contributed by atoms with E-state index in [0.717, 1.165) is 7.11 Å². The second-order valence-electron chi connectivity index (χ2n) is 4.28. The first-order valence-electron chi connectivity index (χ1n) is 5.60. The predicted octanol–water partition coefficient (Wildman–Crippen LogP) is 1.23. The van der Waals surface area contributed by atoms with Crippen LogP contribution in [0.5, 0.6) is 0 Å². The Hall–Kier alpha value is -0.520. The number of hydrogen-bond acceptors (Lipinski definition) is 6. The van der Waals surface area contributed by atoms with Crippen molar-refractivity contribution in [2.75, 3.05) is 25.5 Å². The van der Waals surface area contributed by atoms with Crippen LogP contribution in [0.3, 0.4) is 0 Å². The maximum Gasteiger partial charge on any atom is 0.408 e. The van der Waals surface area contributed by atoms with E-state index in [-0.39, 0.29) is 6.35 Å². The van der Waals surface area contributed by atoms with E-state index in [0.29, 0.717) is 5.75 Å². The van der Waals surface area contributed by atoms with Gasteiger partial charge in [0.25, 0.3) is 0 Å². The average molecular weight is 313 g/mol. The minimum absolute atomic E-state index is 0.208. The lowest BCUT2D eigenvalue weighted by Gasteiger charge is -2.22. The van der Waals surface area contributed by atoms with Crippen molar-refractivity contribution in [1.82, 2.24) is 5.32 Å². The third-order valence-electron chi connectivity index (χ3n) is 1.53. The second kappa shape index (κ2) is 11.3. The molecule has 2 atom stereocenters. The number of carbonyl (C=O) groups is 2. The molecule has 0 heterocycles. The molecule has 0 rings (SSSR count). The Labute approximate surface area is 121 Å². The van der Waals surface area contributed by atoms with Crippen molar-refractivity contribution < 1.29 is 24.2 Å². The Bertz CT molecular complexity index is 270. The minimum atomic E-state index is -0.680. The molecule has 0 aliphatic carbocycles. The van der Waals surface area contributed by atoms with Gasteiger partial charge in [0.2, 0.25) is 0 Å². The number of aliphatic hydroxyl groups is 1. The van der Waals surface area contributed by atoms with E-state index in [1.54, 1.807) is 20.8 Å². The number of carbonyl (C=O) groups excluding carboxylic acids is 2. The van der Waals surface area contributed by atoms with Crippen LogP contribution < -0.4 is 5.32 Å². The minimum Gasteiger partial charge on any atom is -0.460 e. The van der Waals surface area contributed by atoms with Gasteiger partial charge in [-0.25, -0.2) is 9.59 Å². The number of esters is 1. The monoisotopic (exact) mass is 313 g/mol. The van der Waals surface area contributed by atoms with E-state index < -0.39 is 23.7 Å². The fourth-order valence-electron chi connectivity index (χ4n) is 0.968. The molecule has 0 spiro atoms. The molecule has 1 amide bonds. The molecule has 0 bridgehead atoms. The highest BCUT2D eigenvalue weighted by Crippen LogP contribution is 2.08. The van der Waals surface area contributed by atoms with Gasteiger partial charge in [-0.1, -0.05) is 9.24 Å². The molecule has 0 fully saturated rings. The Morgan fingerprint density at radius 2 is 1.89 bits per heavy atom. The SMILES string of the molecule is CO.CSC[C@H](NC(=O)OC(C)(C)C)C(=O)OCP. The van der Waals surface area contributed by atoms with E-state index in [9.17, 15) is 9.59 Å². The first-order valence-corrected chi connectivity index (χ1v) is 7.81. The van der Waals surface area contributed by atoms with Crippen LogP contribution in [0.4, 0.5) is 4.79 Å². The van der Waals surface area contributed by atoms with Crippen LogP contribution in [0.1, 0.15) is 20.8 Å². The number of rotatable bonds is 5. The van der Waals surface area contributed by atoms with E-state index in [1.807, 2.05) is 6.26 Å². The van der Waals surface area contributed by atoms with E-state index in [1.165, 1.54) is 11.8 Å². The van der Waals surface area contributed by atoms with Crippen LogP contribution in [0.2, 0.25) is 0 Å². The van der Waals surface area contributed by atoms with Crippen LogP contribution in [0.25, 0.3) is 0 Å². The third kappa shape index (κ3) is 12.3. The van der Waals surface area contributed by atoms with Crippen molar-refractivity contribution in [1.29, 1.82) is 0 Å².